The van der Waals surface area contributed by atoms with E-state index in [9.17, 15) is 0 Å². The van der Waals surface area contributed by atoms with Crippen molar-refractivity contribution in [3.05, 3.63) is 0 Å². The minimum Gasteiger partial charge on any atom is -0.330 e. The molecule has 0 spiro atoms. The van der Waals surface area contributed by atoms with Crippen LogP contribution in [0, 0.1) is 11.3 Å². The molecule has 0 amide bonds. The standard InChI is InChI=1S/C15H32N2/c1-15(2,3)11-14(12-16)13-17-9-7-5-4-6-8-10-17/h14H,4-13,16H2,1-3H3. The monoisotopic (exact) mass is 240 g/mol. The summed E-state index contributed by atoms with van der Waals surface area (Å²) < 4.78 is 0. The van der Waals surface area contributed by atoms with Gasteiger partial charge in [-0.25, -0.2) is 0 Å². The van der Waals surface area contributed by atoms with Gasteiger partial charge in [-0.1, -0.05) is 40.0 Å². The Morgan fingerprint density at radius 2 is 1.53 bits per heavy atom. The number of rotatable bonds is 4. The quantitative estimate of drug-likeness (QED) is 0.817. The highest BCUT2D eigenvalue weighted by Gasteiger charge is 2.20. The van der Waals surface area contributed by atoms with Crippen molar-refractivity contribution in [2.75, 3.05) is 26.2 Å². The van der Waals surface area contributed by atoms with E-state index in [1.807, 2.05) is 0 Å². The molecule has 102 valence electrons. The third-order valence-electron chi connectivity index (χ3n) is 3.70. The molecule has 0 aromatic heterocycles. The fourth-order valence-electron chi connectivity index (χ4n) is 2.95. The summed E-state index contributed by atoms with van der Waals surface area (Å²) in [6, 6.07) is 0. The van der Waals surface area contributed by atoms with Crippen LogP contribution in [-0.4, -0.2) is 31.1 Å². The lowest BCUT2D eigenvalue weighted by Gasteiger charge is -2.31. The fraction of sp³-hybridized carbons (Fsp3) is 1.00. The minimum atomic E-state index is 0.409. The van der Waals surface area contributed by atoms with Crippen LogP contribution in [0.25, 0.3) is 0 Å². The van der Waals surface area contributed by atoms with Crippen molar-refractivity contribution >= 4 is 0 Å². The Morgan fingerprint density at radius 3 is 2.00 bits per heavy atom. The molecule has 17 heavy (non-hydrogen) atoms. The van der Waals surface area contributed by atoms with E-state index in [1.165, 1.54) is 58.2 Å². The largest absolute Gasteiger partial charge is 0.330 e. The van der Waals surface area contributed by atoms with E-state index in [0.717, 1.165) is 6.54 Å². The molecule has 1 fully saturated rings. The zero-order chi connectivity index (χ0) is 12.7. The highest BCUT2D eigenvalue weighted by Crippen LogP contribution is 2.25. The molecule has 1 rings (SSSR count). The second-order valence-electron chi connectivity index (χ2n) is 6.93. The molecule has 1 atom stereocenters. The highest BCUT2D eigenvalue weighted by atomic mass is 15.1. The molecule has 0 radical (unpaired) electrons. The molecule has 0 aliphatic carbocycles. The van der Waals surface area contributed by atoms with Gasteiger partial charge in [0.05, 0.1) is 0 Å². The maximum Gasteiger partial charge on any atom is 0.00219 e. The Hall–Kier alpha value is -0.0800. The van der Waals surface area contributed by atoms with Crippen LogP contribution in [0.15, 0.2) is 0 Å². The van der Waals surface area contributed by atoms with Gasteiger partial charge >= 0.3 is 0 Å². The van der Waals surface area contributed by atoms with Crippen LogP contribution >= 0.6 is 0 Å². The van der Waals surface area contributed by atoms with Crippen LogP contribution in [0.5, 0.6) is 0 Å². The van der Waals surface area contributed by atoms with Gasteiger partial charge in [0, 0.05) is 6.54 Å². The zero-order valence-electron chi connectivity index (χ0n) is 12.2. The SMILES string of the molecule is CC(C)(C)CC(CN)CN1CCCCCCC1. The molecular formula is C15H32N2. The van der Waals surface area contributed by atoms with Gasteiger partial charge in [-0.15, -0.1) is 0 Å². The first-order chi connectivity index (χ1) is 8.01. The molecule has 1 aliphatic heterocycles. The van der Waals surface area contributed by atoms with Crippen LogP contribution in [0.2, 0.25) is 0 Å². The maximum absolute atomic E-state index is 5.94. The summed E-state index contributed by atoms with van der Waals surface area (Å²) in [5, 5.41) is 0. The molecule has 2 nitrogen and oxygen atoms in total. The van der Waals surface area contributed by atoms with Gasteiger partial charge in [-0.05, 0) is 50.2 Å². The molecular weight excluding hydrogens is 208 g/mol. The summed E-state index contributed by atoms with van der Waals surface area (Å²) in [7, 11) is 0. The van der Waals surface area contributed by atoms with Gasteiger partial charge in [0.2, 0.25) is 0 Å². The Balaban J connectivity index is 2.37. The average Bonchev–Trinajstić information content (AvgIpc) is 2.18. The first-order valence-corrected chi connectivity index (χ1v) is 7.44. The normalized spacial score (nSPS) is 21.9. The van der Waals surface area contributed by atoms with Gasteiger partial charge in [0.1, 0.15) is 0 Å². The maximum atomic E-state index is 5.94. The molecule has 0 aromatic rings. The number of nitrogens with two attached hydrogens (primary N) is 1. The molecule has 1 heterocycles. The molecule has 2 N–H and O–H groups in total. The van der Waals surface area contributed by atoms with Gasteiger partial charge in [0.15, 0.2) is 0 Å². The molecule has 1 aliphatic rings. The Morgan fingerprint density at radius 1 is 1.00 bits per heavy atom. The van der Waals surface area contributed by atoms with E-state index in [4.69, 9.17) is 5.73 Å². The van der Waals surface area contributed by atoms with Crippen molar-refractivity contribution in [1.82, 2.24) is 4.90 Å². The van der Waals surface area contributed by atoms with Crippen molar-refractivity contribution in [3.63, 3.8) is 0 Å². The van der Waals surface area contributed by atoms with E-state index < -0.39 is 0 Å². The second kappa shape index (κ2) is 7.38. The molecule has 0 aromatic carbocycles. The summed E-state index contributed by atoms with van der Waals surface area (Å²) in [5.41, 5.74) is 6.35. The predicted molar refractivity (Wildman–Crippen MR) is 76.1 cm³/mol. The number of likely N-dealkylation sites (tertiary alicyclic amines) is 1. The van der Waals surface area contributed by atoms with Gasteiger partial charge in [-0.3, -0.25) is 0 Å². The minimum absolute atomic E-state index is 0.409. The molecule has 1 unspecified atom stereocenters. The third kappa shape index (κ3) is 7.05. The molecule has 2 heteroatoms. The predicted octanol–water partition coefficient (Wildman–Crippen LogP) is 3.26. The van der Waals surface area contributed by atoms with Crippen molar-refractivity contribution < 1.29 is 0 Å². The lowest BCUT2D eigenvalue weighted by molar-refractivity contribution is 0.182. The number of nitrogens with zero attached hydrogens (tertiary/aromatic N) is 1. The zero-order valence-corrected chi connectivity index (χ0v) is 12.2. The Bertz CT molecular complexity index is 188. The first-order valence-electron chi connectivity index (χ1n) is 7.44. The van der Waals surface area contributed by atoms with Crippen LogP contribution < -0.4 is 5.73 Å². The second-order valence-corrected chi connectivity index (χ2v) is 6.93. The van der Waals surface area contributed by atoms with Crippen LogP contribution in [0.1, 0.15) is 59.3 Å². The Kier molecular flexibility index (Phi) is 6.50. The third-order valence-corrected chi connectivity index (χ3v) is 3.70. The van der Waals surface area contributed by atoms with Gasteiger partial charge in [0.25, 0.3) is 0 Å². The number of hydrogen-bond donors (Lipinski definition) is 1. The van der Waals surface area contributed by atoms with Crippen molar-refractivity contribution in [2.45, 2.75) is 59.3 Å². The highest BCUT2D eigenvalue weighted by molar-refractivity contribution is 4.74. The smallest absolute Gasteiger partial charge is 0.00219 e. The summed E-state index contributed by atoms with van der Waals surface area (Å²) in [6.07, 6.45) is 8.29. The van der Waals surface area contributed by atoms with E-state index in [1.54, 1.807) is 0 Å². The van der Waals surface area contributed by atoms with E-state index in [0.29, 0.717) is 11.3 Å². The first kappa shape index (κ1) is 15.0. The van der Waals surface area contributed by atoms with Crippen LogP contribution in [0.4, 0.5) is 0 Å². The molecule has 0 saturated carbocycles. The summed E-state index contributed by atoms with van der Waals surface area (Å²) >= 11 is 0. The summed E-state index contributed by atoms with van der Waals surface area (Å²) in [5.74, 6) is 0.675. The molecule has 0 bridgehead atoms. The molecule has 1 saturated heterocycles. The van der Waals surface area contributed by atoms with Gasteiger partial charge < -0.3 is 10.6 Å². The summed E-state index contributed by atoms with van der Waals surface area (Å²) in [4.78, 5) is 2.66. The average molecular weight is 240 g/mol. The topological polar surface area (TPSA) is 29.3 Å². The van der Waals surface area contributed by atoms with Crippen molar-refractivity contribution in [3.8, 4) is 0 Å². The van der Waals surface area contributed by atoms with E-state index >= 15 is 0 Å². The number of hydrogen-bond acceptors (Lipinski definition) is 2. The van der Waals surface area contributed by atoms with Crippen LogP contribution in [-0.2, 0) is 0 Å². The van der Waals surface area contributed by atoms with E-state index in [-0.39, 0.29) is 0 Å². The van der Waals surface area contributed by atoms with Crippen LogP contribution in [0.3, 0.4) is 0 Å². The van der Waals surface area contributed by atoms with Gasteiger partial charge in [-0.2, -0.15) is 0 Å². The van der Waals surface area contributed by atoms with Crippen molar-refractivity contribution in [2.24, 2.45) is 17.1 Å². The fourth-order valence-corrected chi connectivity index (χ4v) is 2.95. The lowest BCUT2D eigenvalue weighted by Crippen LogP contribution is -2.36. The van der Waals surface area contributed by atoms with E-state index in [2.05, 4.69) is 25.7 Å². The lowest BCUT2D eigenvalue weighted by atomic mass is 9.84. The van der Waals surface area contributed by atoms with Crippen molar-refractivity contribution in [1.29, 1.82) is 0 Å². The summed E-state index contributed by atoms with van der Waals surface area (Å²) in [6.45, 7) is 11.6. The Labute approximate surface area is 108 Å².